The van der Waals surface area contributed by atoms with Gasteiger partial charge in [-0.15, -0.1) is 6.58 Å². The van der Waals surface area contributed by atoms with Gasteiger partial charge in [-0.25, -0.2) is 0 Å². The molecule has 0 aliphatic carbocycles. The summed E-state index contributed by atoms with van der Waals surface area (Å²) in [6.45, 7) is 18.3. The summed E-state index contributed by atoms with van der Waals surface area (Å²) in [7, 11) is 1.86. The number of pyridine rings is 1. The van der Waals surface area contributed by atoms with Crippen molar-refractivity contribution < 1.29 is 0 Å². The first kappa shape index (κ1) is 22.2. The monoisotopic (exact) mass is 360 g/mol. The van der Waals surface area contributed by atoms with Crippen molar-refractivity contribution in [3.05, 3.63) is 108 Å². The molecule has 2 aromatic rings. The van der Waals surface area contributed by atoms with Crippen LogP contribution in [0.25, 0.3) is 5.57 Å². The van der Waals surface area contributed by atoms with E-state index in [1.807, 2.05) is 31.3 Å². The third kappa shape index (κ3) is 7.49. The molecule has 2 heteroatoms. The van der Waals surface area contributed by atoms with Gasteiger partial charge in [0.15, 0.2) is 0 Å². The quantitative estimate of drug-likeness (QED) is 0.470. The predicted octanol–water partition coefficient (Wildman–Crippen LogP) is 6.20. The summed E-state index contributed by atoms with van der Waals surface area (Å²) in [4.78, 5) is 3.99. The third-order valence-corrected chi connectivity index (χ3v) is 4.33. The second-order valence-electron chi connectivity index (χ2n) is 6.44. The molecule has 0 aliphatic heterocycles. The zero-order valence-corrected chi connectivity index (χ0v) is 17.2. The van der Waals surface area contributed by atoms with Crippen LogP contribution in [-0.4, -0.2) is 12.0 Å². The Hall–Kier alpha value is -2.87. The van der Waals surface area contributed by atoms with E-state index in [1.54, 1.807) is 12.4 Å². The van der Waals surface area contributed by atoms with E-state index >= 15 is 0 Å². The molecule has 0 spiro atoms. The van der Waals surface area contributed by atoms with Crippen LogP contribution in [-0.2, 0) is 6.42 Å². The standard InChI is InChI=1S/C15H18N2.C10H14/c1-5-6-15(13(3)16-4)11-12(2)14-7-9-17-10-8-14;1-4-10-6-5-8(2)7-9(10)3/h5,7-11,16H,1-3,6H2,4H3;5-7H,4H2,1-3H3/b15-11-;. The summed E-state index contributed by atoms with van der Waals surface area (Å²) in [6, 6.07) is 10.5. The van der Waals surface area contributed by atoms with Gasteiger partial charge in [-0.3, -0.25) is 4.98 Å². The maximum Gasteiger partial charge on any atom is 0.0300 e. The molecule has 2 rings (SSSR count). The van der Waals surface area contributed by atoms with Gasteiger partial charge in [-0.05, 0) is 72.7 Å². The van der Waals surface area contributed by atoms with E-state index in [1.165, 1.54) is 16.7 Å². The number of hydrogen-bond acceptors (Lipinski definition) is 2. The van der Waals surface area contributed by atoms with E-state index in [-0.39, 0.29) is 0 Å². The van der Waals surface area contributed by atoms with E-state index in [0.717, 1.165) is 35.2 Å². The lowest BCUT2D eigenvalue weighted by molar-refractivity contribution is 0.985. The molecular formula is C25H32N2. The van der Waals surface area contributed by atoms with Crippen LogP contribution in [0.15, 0.2) is 85.9 Å². The molecule has 1 heterocycles. The number of benzene rings is 1. The van der Waals surface area contributed by atoms with Crippen LogP contribution in [0.1, 0.15) is 35.6 Å². The fraction of sp³-hybridized carbons (Fsp3) is 0.240. The smallest absolute Gasteiger partial charge is 0.0300 e. The normalized spacial score (nSPS) is 10.4. The molecule has 0 amide bonds. The molecule has 0 radical (unpaired) electrons. The van der Waals surface area contributed by atoms with Crippen molar-refractivity contribution in [2.24, 2.45) is 0 Å². The van der Waals surface area contributed by atoms with Crippen molar-refractivity contribution in [1.82, 2.24) is 10.3 Å². The summed E-state index contributed by atoms with van der Waals surface area (Å²) >= 11 is 0. The van der Waals surface area contributed by atoms with Crippen molar-refractivity contribution in [2.45, 2.75) is 33.6 Å². The Labute approximate surface area is 165 Å². The lowest BCUT2D eigenvalue weighted by atomic mass is 10.0. The minimum atomic E-state index is 0.768. The van der Waals surface area contributed by atoms with Crippen LogP contribution in [0.5, 0.6) is 0 Å². The largest absolute Gasteiger partial charge is 0.388 e. The molecule has 0 bridgehead atoms. The highest BCUT2D eigenvalue weighted by Crippen LogP contribution is 2.19. The molecule has 2 nitrogen and oxygen atoms in total. The number of nitrogens with one attached hydrogen (secondary N) is 1. The molecule has 142 valence electrons. The number of aryl methyl sites for hydroxylation is 3. The van der Waals surface area contributed by atoms with Crippen LogP contribution >= 0.6 is 0 Å². The lowest BCUT2D eigenvalue weighted by Gasteiger charge is -2.09. The summed E-state index contributed by atoms with van der Waals surface area (Å²) in [6.07, 6.45) is 9.31. The maximum atomic E-state index is 4.06. The Kier molecular flexibility index (Phi) is 9.60. The van der Waals surface area contributed by atoms with Gasteiger partial charge in [0, 0.05) is 25.1 Å². The molecule has 1 aromatic carbocycles. The first-order valence-electron chi connectivity index (χ1n) is 9.26. The van der Waals surface area contributed by atoms with Gasteiger partial charge >= 0.3 is 0 Å². The Bertz CT molecular complexity index is 798. The zero-order valence-electron chi connectivity index (χ0n) is 17.2. The number of hydrogen-bond donors (Lipinski definition) is 1. The molecule has 1 N–H and O–H groups in total. The number of nitrogens with zero attached hydrogens (tertiary/aromatic N) is 1. The van der Waals surface area contributed by atoms with Crippen molar-refractivity contribution in [3.8, 4) is 0 Å². The summed E-state index contributed by atoms with van der Waals surface area (Å²) in [5, 5.41) is 3.04. The van der Waals surface area contributed by atoms with Gasteiger partial charge in [0.25, 0.3) is 0 Å². The molecule has 27 heavy (non-hydrogen) atoms. The maximum absolute atomic E-state index is 4.06. The Morgan fingerprint density at radius 3 is 2.30 bits per heavy atom. The first-order chi connectivity index (χ1) is 12.9. The van der Waals surface area contributed by atoms with Crippen molar-refractivity contribution in [3.63, 3.8) is 0 Å². The second-order valence-corrected chi connectivity index (χ2v) is 6.44. The predicted molar refractivity (Wildman–Crippen MR) is 120 cm³/mol. The van der Waals surface area contributed by atoms with Gasteiger partial charge < -0.3 is 5.32 Å². The highest BCUT2D eigenvalue weighted by molar-refractivity contribution is 5.73. The van der Waals surface area contributed by atoms with Crippen LogP contribution in [0.4, 0.5) is 0 Å². The topological polar surface area (TPSA) is 24.9 Å². The third-order valence-electron chi connectivity index (χ3n) is 4.33. The van der Waals surface area contributed by atoms with E-state index in [4.69, 9.17) is 0 Å². The minimum absolute atomic E-state index is 0.768. The molecule has 0 saturated heterocycles. The van der Waals surface area contributed by atoms with Gasteiger partial charge in [-0.2, -0.15) is 0 Å². The zero-order chi connectivity index (χ0) is 20.2. The Balaban J connectivity index is 0.000000309. The van der Waals surface area contributed by atoms with Gasteiger partial charge in [0.05, 0.1) is 0 Å². The number of likely N-dealkylation sites (N-methyl/N-ethyl adjacent to an activating group) is 1. The number of rotatable bonds is 7. The van der Waals surface area contributed by atoms with Gasteiger partial charge in [-0.1, -0.05) is 49.9 Å². The molecule has 0 unspecified atom stereocenters. The first-order valence-corrected chi connectivity index (χ1v) is 9.26. The van der Waals surface area contributed by atoms with E-state index in [2.05, 4.69) is 69.0 Å². The summed E-state index contributed by atoms with van der Waals surface area (Å²) in [5.41, 5.74) is 8.22. The summed E-state index contributed by atoms with van der Waals surface area (Å²) in [5.74, 6) is 0. The Morgan fingerprint density at radius 2 is 1.78 bits per heavy atom. The van der Waals surface area contributed by atoms with E-state index < -0.39 is 0 Å². The number of allylic oxidation sites excluding steroid dienone is 4. The van der Waals surface area contributed by atoms with Crippen molar-refractivity contribution in [2.75, 3.05) is 7.05 Å². The number of aromatic nitrogens is 1. The average Bonchev–Trinajstić information content (AvgIpc) is 2.68. The summed E-state index contributed by atoms with van der Waals surface area (Å²) < 4.78 is 0. The van der Waals surface area contributed by atoms with Gasteiger partial charge in [0.1, 0.15) is 0 Å². The average molecular weight is 361 g/mol. The molecule has 1 aromatic heterocycles. The highest BCUT2D eigenvalue weighted by atomic mass is 14.8. The fourth-order valence-electron chi connectivity index (χ4n) is 2.69. The minimum Gasteiger partial charge on any atom is -0.388 e. The van der Waals surface area contributed by atoms with Crippen LogP contribution in [0.3, 0.4) is 0 Å². The van der Waals surface area contributed by atoms with Crippen LogP contribution in [0, 0.1) is 13.8 Å². The molecule has 0 fully saturated rings. The van der Waals surface area contributed by atoms with Gasteiger partial charge in [0.2, 0.25) is 0 Å². The van der Waals surface area contributed by atoms with E-state index in [0.29, 0.717) is 0 Å². The molecular weight excluding hydrogens is 328 g/mol. The SMILES string of the molecule is C=CC/C(=C/C(=C)c1ccncc1)C(=C)NC.CCc1ccc(C)cc1C. The second kappa shape index (κ2) is 11.7. The molecule has 0 atom stereocenters. The van der Waals surface area contributed by atoms with Crippen molar-refractivity contribution >= 4 is 5.57 Å². The molecule has 0 aliphatic rings. The van der Waals surface area contributed by atoms with Crippen LogP contribution in [0.2, 0.25) is 0 Å². The van der Waals surface area contributed by atoms with Crippen molar-refractivity contribution in [1.29, 1.82) is 0 Å². The molecule has 0 saturated carbocycles. The fourth-order valence-corrected chi connectivity index (χ4v) is 2.69. The highest BCUT2D eigenvalue weighted by Gasteiger charge is 2.01. The Morgan fingerprint density at radius 1 is 1.11 bits per heavy atom. The van der Waals surface area contributed by atoms with E-state index in [9.17, 15) is 0 Å². The lowest BCUT2D eigenvalue weighted by Crippen LogP contribution is -2.06. The van der Waals surface area contributed by atoms with Crippen LogP contribution < -0.4 is 5.32 Å².